The second-order valence-electron chi connectivity index (χ2n) is 5.14. The molecule has 6 nitrogen and oxygen atoms in total. The molecule has 0 aliphatic heterocycles. The van der Waals surface area contributed by atoms with Crippen molar-refractivity contribution in [2.75, 3.05) is 0 Å². The summed E-state index contributed by atoms with van der Waals surface area (Å²) in [6.45, 7) is 0.755. The summed E-state index contributed by atoms with van der Waals surface area (Å²) in [7, 11) is 0. The van der Waals surface area contributed by atoms with Gasteiger partial charge in [0.25, 0.3) is 5.56 Å². The summed E-state index contributed by atoms with van der Waals surface area (Å²) in [6, 6.07) is 10.9. The van der Waals surface area contributed by atoms with Gasteiger partial charge in [-0.15, -0.1) is 0 Å². The normalized spacial score (nSPS) is 10.6. The number of amides is 1. The molecule has 0 aliphatic rings. The fraction of sp³-hybridized carbons (Fsp3) is 0.176. The van der Waals surface area contributed by atoms with Crippen molar-refractivity contribution in [3.63, 3.8) is 0 Å². The van der Waals surface area contributed by atoms with Crippen LogP contribution < -0.4 is 10.9 Å². The molecule has 3 aromatic rings. The number of aromatic nitrogens is 3. The van der Waals surface area contributed by atoms with E-state index in [-0.39, 0.29) is 17.9 Å². The number of hydrogen-bond acceptors (Lipinski definition) is 4. The fourth-order valence-electron chi connectivity index (χ4n) is 2.28. The molecule has 0 aliphatic carbocycles. The number of rotatable bonds is 5. The summed E-state index contributed by atoms with van der Waals surface area (Å²) in [5.74, 6) is -0.109. The van der Waals surface area contributed by atoms with Crippen LogP contribution in [0.4, 0.5) is 0 Å². The molecule has 0 saturated heterocycles. The number of carbonyl (C=O) groups excluding carboxylic acids is 1. The van der Waals surface area contributed by atoms with E-state index in [0.29, 0.717) is 24.0 Å². The Bertz CT molecular complexity index is 874. The minimum Gasteiger partial charge on any atom is -0.352 e. The van der Waals surface area contributed by atoms with Crippen LogP contribution in [0.3, 0.4) is 0 Å². The Morgan fingerprint density at radius 3 is 2.74 bits per heavy atom. The van der Waals surface area contributed by atoms with E-state index in [9.17, 15) is 9.59 Å². The van der Waals surface area contributed by atoms with Crippen molar-refractivity contribution in [1.82, 2.24) is 19.9 Å². The molecule has 1 amide bonds. The Labute approximate surface area is 132 Å². The first-order valence-corrected chi connectivity index (χ1v) is 7.34. The van der Waals surface area contributed by atoms with E-state index in [0.717, 1.165) is 5.56 Å². The Morgan fingerprint density at radius 2 is 1.91 bits per heavy atom. The summed E-state index contributed by atoms with van der Waals surface area (Å²) >= 11 is 0. The minimum absolute atomic E-state index is 0.109. The minimum atomic E-state index is -0.127. The molecule has 23 heavy (non-hydrogen) atoms. The molecule has 1 N–H and O–H groups in total. The van der Waals surface area contributed by atoms with Crippen molar-refractivity contribution in [3.8, 4) is 0 Å². The van der Waals surface area contributed by atoms with Crippen molar-refractivity contribution >= 4 is 16.8 Å². The Morgan fingerprint density at radius 1 is 1.13 bits per heavy atom. The molecule has 0 unspecified atom stereocenters. The van der Waals surface area contributed by atoms with Crippen LogP contribution in [-0.4, -0.2) is 20.4 Å². The van der Waals surface area contributed by atoms with Gasteiger partial charge in [-0.2, -0.15) is 0 Å². The summed E-state index contributed by atoms with van der Waals surface area (Å²) in [4.78, 5) is 32.4. The van der Waals surface area contributed by atoms with E-state index in [2.05, 4.69) is 15.3 Å². The van der Waals surface area contributed by atoms with Gasteiger partial charge in [-0.05, 0) is 29.8 Å². The molecule has 1 aromatic carbocycles. The molecule has 0 radical (unpaired) electrons. The third-order valence-electron chi connectivity index (χ3n) is 3.55. The topological polar surface area (TPSA) is 76.9 Å². The lowest BCUT2D eigenvalue weighted by Gasteiger charge is -2.07. The Balaban J connectivity index is 1.61. The van der Waals surface area contributed by atoms with E-state index in [1.807, 2.05) is 18.2 Å². The van der Waals surface area contributed by atoms with Gasteiger partial charge in [0.15, 0.2) is 0 Å². The molecular formula is C17H16N4O2. The third kappa shape index (κ3) is 3.60. The zero-order chi connectivity index (χ0) is 16.1. The predicted molar refractivity (Wildman–Crippen MR) is 86.7 cm³/mol. The first-order chi connectivity index (χ1) is 11.2. The molecule has 3 rings (SSSR count). The number of fused-ring (bicyclic) bond motifs is 1. The van der Waals surface area contributed by atoms with Crippen molar-refractivity contribution in [1.29, 1.82) is 0 Å². The zero-order valence-corrected chi connectivity index (χ0v) is 12.5. The first-order valence-electron chi connectivity index (χ1n) is 7.34. The molecule has 2 aromatic heterocycles. The summed E-state index contributed by atoms with van der Waals surface area (Å²) < 4.78 is 1.47. The third-order valence-corrected chi connectivity index (χ3v) is 3.55. The van der Waals surface area contributed by atoms with Crippen LogP contribution in [0.25, 0.3) is 10.9 Å². The van der Waals surface area contributed by atoms with Crippen molar-refractivity contribution in [2.45, 2.75) is 19.5 Å². The van der Waals surface area contributed by atoms with E-state index in [1.165, 1.54) is 10.9 Å². The lowest BCUT2D eigenvalue weighted by molar-refractivity contribution is -0.121. The number of aryl methyl sites for hydroxylation is 1. The van der Waals surface area contributed by atoms with Gasteiger partial charge in [-0.3, -0.25) is 19.1 Å². The van der Waals surface area contributed by atoms with Crippen molar-refractivity contribution < 1.29 is 4.79 Å². The second kappa shape index (κ2) is 6.83. The molecular weight excluding hydrogens is 292 g/mol. The number of pyridine rings is 1. The summed E-state index contributed by atoms with van der Waals surface area (Å²) in [5, 5.41) is 3.39. The van der Waals surface area contributed by atoms with Gasteiger partial charge < -0.3 is 5.32 Å². The quantitative estimate of drug-likeness (QED) is 0.775. The fourth-order valence-corrected chi connectivity index (χ4v) is 2.28. The van der Waals surface area contributed by atoms with Crippen LogP contribution in [0.5, 0.6) is 0 Å². The maximum absolute atomic E-state index is 12.3. The highest BCUT2D eigenvalue weighted by Crippen LogP contribution is 2.04. The standard InChI is InChI=1S/C17H16N4O2/c22-16(19-11-13-5-8-18-9-6-13)7-10-21-12-20-15-4-2-1-3-14(15)17(21)23/h1-6,8-9,12H,7,10-11H2,(H,19,22). The average molecular weight is 308 g/mol. The molecule has 0 saturated carbocycles. The lowest BCUT2D eigenvalue weighted by atomic mass is 10.2. The predicted octanol–water partition coefficient (Wildman–Crippen LogP) is 1.50. The van der Waals surface area contributed by atoms with Gasteiger partial charge in [0.05, 0.1) is 17.2 Å². The maximum atomic E-state index is 12.3. The number of carbonyl (C=O) groups is 1. The van der Waals surface area contributed by atoms with Gasteiger partial charge in [0.2, 0.25) is 5.91 Å². The van der Waals surface area contributed by atoms with E-state index in [1.54, 1.807) is 30.6 Å². The molecule has 2 heterocycles. The summed E-state index contributed by atoms with van der Waals surface area (Å²) in [6.07, 6.45) is 5.08. The lowest BCUT2D eigenvalue weighted by Crippen LogP contribution is -2.27. The number of hydrogen-bond donors (Lipinski definition) is 1. The average Bonchev–Trinajstić information content (AvgIpc) is 2.60. The smallest absolute Gasteiger partial charge is 0.261 e. The SMILES string of the molecule is O=C(CCn1cnc2ccccc2c1=O)NCc1ccncc1. The van der Waals surface area contributed by atoms with Crippen LogP contribution in [-0.2, 0) is 17.9 Å². The van der Waals surface area contributed by atoms with Crippen LogP contribution in [0.1, 0.15) is 12.0 Å². The molecule has 0 bridgehead atoms. The number of benzene rings is 1. The van der Waals surface area contributed by atoms with Crippen LogP contribution >= 0.6 is 0 Å². The van der Waals surface area contributed by atoms with Crippen molar-refractivity contribution in [2.24, 2.45) is 0 Å². The highest BCUT2D eigenvalue weighted by molar-refractivity contribution is 5.77. The van der Waals surface area contributed by atoms with E-state index >= 15 is 0 Å². The van der Waals surface area contributed by atoms with Gasteiger partial charge in [0.1, 0.15) is 0 Å². The maximum Gasteiger partial charge on any atom is 0.261 e. The summed E-state index contributed by atoms with van der Waals surface area (Å²) in [5.41, 5.74) is 1.52. The molecule has 0 spiro atoms. The molecule has 6 heteroatoms. The van der Waals surface area contributed by atoms with E-state index in [4.69, 9.17) is 0 Å². The molecule has 116 valence electrons. The van der Waals surface area contributed by atoms with Crippen LogP contribution in [0, 0.1) is 0 Å². The van der Waals surface area contributed by atoms with Gasteiger partial charge in [-0.1, -0.05) is 12.1 Å². The number of nitrogens with one attached hydrogen (secondary N) is 1. The van der Waals surface area contributed by atoms with E-state index < -0.39 is 0 Å². The monoisotopic (exact) mass is 308 g/mol. The highest BCUT2D eigenvalue weighted by atomic mass is 16.1. The van der Waals surface area contributed by atoms with Crippen LogP contribution in [0.15, 0.2) is 59.9 Å². The number of nitrogens with zero attached hydrogens (tertiary/aromatic N) is 3. The second-order valence-corrected chi connectivity index (χ2v) is 5.14. The zero-order valence-electron chi connectivity index (χ0n) is 12.5. The first kappa shape index (κ1) is 14.9. The number of para-hydroxylation sites is 1. The van der Waals surface area contributed by atoms with Gasteiger partial charge >= 0.3 is 0 Å². The Kier molecular flexibility index (Phi) is 4.42. The molecule has 0 atom stereocenters. The van der Waals surface area contributed by atoms with Crippen molar-refractivity contribution in [3.05, 3.63) is 71.0 Å². The Hall–Kier alpha value is -3.02. The largest absolute Gasteiger partial charge is 0.352 e. The van der Waals surface area contributed by atoms with Crippen LogP contribution in [0.2, 0.25) is 0 Å². The van der Waals surface area contributed by atoms with Gasteiger partial charge in [-0.25, -0.2) is 4.98 Å². The highest BCUT2D eigenvalue weighted by Gasteiger charge is 2.06. The molecule has 0 fully saturated rings. The van der Waals surface area contributed by atoms with Gasteiger partial charge in [0, 0.05) is 31.9 Å².